The lowest BCUT2D eigenvalue weighted by molar-refractivity contribution is 0.233. The predicted molar refractivity (Wildman–Crippen MR) is 82.7 cm³/mol. The Morgan fingerprint density at radius 2 is 1.95 bits per heavy atom. The second kappa shape index (κ2) is 6.89. The van der Waals surface area contributed by atoms with Crippen LogP contribution in [0.3, 0.4) is 0 Å². The first-order chi connectivity index (χ1) is 9.95. The van der Waals surface area contributed by atoms with Gasteiger partial charge in [-0.05, 0) is 19.9 Å². The van der Waals surface area contributed by atoms with E-state index in [0.717, 1.165) is 6.54 Å². The van der Waals surface area contributed by atoms with Crippen LogP contribution in [0.2, 0.25) is 0 Å². The Kier molecular flexibility index (Phi) is 5.40. The van der Waals surface area contributed by atoms with Gasteiger partial charge in [-0.15, -0.1) is 0 Å². The van der Waals surface area contributed by atoms with Gasteiger partial charge in [-0.2, -0.15) is 4.31 Å². The van der Waals surface area contributed by atoms with Crippen molar-refractivity contribution in [1.29, 1.82) is 0 Å². The number of sulfonamides is 1. The molecule has 0 radical (unpaired) electrons. The molecule has 0 spiro atoms. The summed E-state index contributed by atoms with van der Waals surface area (Å²) in [6, 6.07) is 0.611. The second-order valence-corrected chi connectivity index (χ2v) is 7.81. The molecule has 1 fully saturated rings. The zero-order valence-corrected chi connectivity index (χ0v) is 14.0. The lowest BCUT2D eigenvalue weighted by Gasteiger charge is -2.26. The number of aromatic amines is 1. The lowest BCUT2D eigenvalue weighted by Crippen LogP contribution is -2.38. The normalized spacial score (nSPS) is 17.2. The third kappa shape index (κ3) is 3.84. The fourth-order valence-corrected chi connectivity index (χ4v) is 3.86. The molecule has 0 amide bonds. The summed E-state index contributed by atoms with van der Waals surface area (Å²) in [5.41, 5.74) is 0. The van der Waals surface area contributed by atoms with Crippen LogP contribution in [0.15, 0.2) is 11.2 Å². The van der Waals surface area contributed by atoms with E-state index in [4.69, 9.17) is 0 Å². The molecule has 1 N–H and O–H groups in total. The van der Waals surface area contributed by atoms with Gasteiger partial charge in [0.05, 0.1) is 6.20 Å². The molecule has 1 aliphatic rings. The fraction of sp³-hybridized carbons (Fsp3) is 0.786. The van der Waals surface area contributed by atoms with Gasteiger partial charge in [0.15, 0.2) is 5.03 Å². The third-order valence-corrected chi connectivity index (χ3v) is 6.11. The van der Waals surface area contributed by atoms with Crippen molar-refractivity contribution in [1.82, 2.24) is 19.2 Å². The first-order valence-corrected chi connectivity index (χ1v) is 9.09. The molecule has 0 aromatic carbocycles. The van der Waals surface area contributed by atoms with Crippen LogP contribution >= 0.6 is 0 Å². The maximum absolute atomic E-state index is 12.4. The Morgan fingerprint density at radius 1 is 1.29 bits per heavy atom. The van der Waals surface area contributed by atoms with E-state index >= 15 is 0 Å². The minimum Gasteiger partial charge on any atom is -0.332 e. The molecule has 21 heavy (non-hydrogen) atoms. The van der Waals surface area contributed by atoms with Crippen molar-refractivity contribution in [3.63, 3.8) is 0 Å². The minimum absolute atomic E-state index is 0.186. The number of aromatic nitrogens is 2. The van der Waals surface area contributed by atoms with Crippen molar-refractivity contribution in [2.24, 2.45) is 0 Å². The van der Waals surface area contributed by atoms with Crippen molar-refractivity contribution in [2.45, 2.75) is 50.1 Å². The van der Waals surface area contributed by atoms with Crippen molar-refractivity contribution >= 4 is 10.0 Å². The van der Waals surface area contributed by atoms with E-state index in [1.165, 1.54) is 36.2 Å². The van der Waals surface area contributed by atoms with Crippen LogP contribution in [0.5, 0.6) is 0 Å². The summed E-state index contributed by atoms with van der Waals surface area (Å²) in [6.45, 7) is 3.19. The van der Waals surface area contributed by atoms with Crippen molar-refractivity contribution in [2.75, 3.05) is 27.2 Å². The molecule has 1 aromatic heterocycles. The molecule has 7 heteroatoms. The van der Waals surface area contributed by atoms with Gasteiger partial charge in [0.2, 0.25) is 0 Å². The maximum atomic E-state index is 12.4. The van der Waals surface area contributed by atoms with Crippen LogP contribution in [-0.2, 0) is 16.4 Å². The highest BCUT2D eigenvalue weighted by Crippen LogP contribution is 2.22. The Morgan fingerprint density at radius 3 is 2.52 bits per heavy atom. The summed E-state index contributed by atoms with van der Waals surface area (Å²) in [5, 5.41) is 0.186. The quantitative estimate of drug-likeness (QED) is 0.827. The molecular formula is C14H26N4O2S. The fourth-order valence-electron chi connectivity index (χ4n) is 2.77. The number of H-pyrrole nitrogens is 1. The third-order valence-electron chi connectivity index (χ3n) is 4.34. The van der Waals surface area contributed by atoms with E-state index < -0.39 is 10.0 Å². The highest BCUT2D eigenvalue weighted by atomic mass is 32.2. The molecule has 1 aliphatic carbocycles. The summed E-state index contributed by atoms with van der Waals surface area (Å²) < 4.78 is 26.3. The predicted octanol–water partition coefficient (Wildman–Crippen LogP) is 1.47. The molecule has 0 unspecified atom stereocenters. The molecule has 0 bridgehead atoms. The first kappa shape index (κ1) is 16.5. The topological polar surface area (TPSA) is 69.3 Å². The Hall–Kier alpha value is -0.920. The molecule has 1 heterocycles. The average Bonchev–Trinajstić information content (AvgIpc) is 3.14. The molecule has 1 aromatic rings. The molecule has 0 atom stereocenters. The molecule has 0 aliphatic heterocycles. The lowest BCUT2D eigenvalue weighted by atomic mass is 10.2. The van der Waals surface area contributed by atoms with Gasteiger partial charge in [0, 0.05) is 32.6 Å². The minimum atomic E-state index is -3.46. The average molecular weight is 314 g/mol. The van der Waals surface area contributed by atoms with Crippen LogP contribution in [0.4, 0.5) is 0 Å². The van der Waals surface area contributed by atoms with Crippen LogP contribution in [0.1, 0.15) is 38.4 Å². The zero-order valence-electron chi connectivity index (χ0n) is 13.2. The largest absolute Gasteiger partial charge is 0.332 e. The second-order valence-electron chi connectivity index (χ2n) is 5.79. The van der Waals surface area contributed by atoms with E-state index in [1.54, 1.807) is 7.05 Å². The summed E-state index contributed by atoms with van der Waals surface area (Å²) in [7, 11) is 0.256. The first-order valence-electron chi connectivity index (χ1n) is 7.65. The zero-order chi connectivity index (χ0) is 15.5. The van der Waals surface area contributed by atoms with Crippen LogP contribution in [0.25, 0.3) is 0 Å². The Labute approximate surface area is 127 Å². The number of nitrogens with one attached hydrogen (secondary N) is 1. The van der Waals surface area contributed by atoms with Gasteiger partial charge in [0.1, 0.15) is 5.82 Å². The number of aryl methyl sites for hydroxylation is 1. The smallest absolute Gasteiger partial charge is 0.259 e. The SMILES string of the molecule is CCc1ncc(S(=O)(=O)N(C)CCN(C)C2CCCC2)[nH]1. The van der Waals surface area contributed by atoms with Gasteiger partial charge in [0.25, 0.3) is 10.0 Å². The summed E-state index contributed by atoms with van der Waals surface area (Å²) >= 11 is 0. The number of likely N-dealkylation sites (N-methyl/N-ethyl adjacent to an activating group) is 2. The number of rotatable bonds is 7. The van der Waals surface area contributed by atoms with Crippen molar-refractivity contribution < 1.29 is 8.42 Å². The van der Waals surface area contributed by atoms with Gasteiger partial charge in [-0.25, -0.2) is 13.4 Å². The van der Waals surface area contributed by atoms with E-state index in [0.29, 0.717) is 24.8 Å². The highest BCUT2D eigenvalue weighted by molar-refractivity contribution is 7.89. The standard InChI is InChI=1S/C14H26N4O2S/c1-4-13-15-11-14(16-13)21(19,20)18(3)10-9-17(2)12-7-5-6-8-12/h11-12H,4-10H2,1-3H3,(H,15,16). The van der Waals surface area contributed by atoms with Crippen molar-refractivity contribution in [3.05, 3.63) is 12.0 Å². The molecule has 0 saturated heterocycles. The number of nitrogens with zero attached hydrogens (tertiary/aromatic N) is 3. The molecule has 2 rings (SSSR count). The Balaban J connectivity index is 1.93. The molecule has 1 saturated carbocycles. The van der Waals surface area contributed by atoms with Crippen LogP contribution in [-0.4, -0.2) is 60.8 Å². The summed E-state index contributed by atoms with van der Waals surface area (Å²) in [5.74, 6) is 0.699. The monoisotopic (exact) mass is 314 g/mol. The molecule has 6 nitrogen and oxygen atoms in total. The maximum Gasteiger partial charge on any atom is 0.259 e. The van der Waals surface area contributed by atoms with Gasteiger partial charge in [-0.3, -0.25) is 0 Å². The summed E-state index contributed by atoms with van der Waals surface area (Å²) in [6.07, 6.45) is 7.14. The van der Waals surface area contributed by atoms with Gasteiger partial charge < -0.3 is 9.88 Å². The summed E-state index contributed by atoms with van der Waals surface area (Å²) in [4.78, 5) is 9.22. The molecular weight excluding hydrogens is 288 g/mol. The number of imidazole rings is 1. The highest BCUT2D eigenvalue weighted by Gasteiger charge is 2.25. The van der Waals surface area contributed by atoms with E-state index in [1.807, 2.05) is 6.92 Å². The Bertz CT molecular complexity index is 549. The molecule has 120 valence electrons. The van der Waals surface area contributed by atoms with Crippen molar-refractivity contribution in [3.8, 4) is 0 Å². The van der Waals surface area contributed by atoms with Gasteiger partial charge in [-0.1, -0.05) is 19.8 Å². The van der Waals surface area contributed by atoms with E-state index in [-0.39, 0.29) is 5.03 Å². The van der Waals surface area contributed by atoms with E-state index in [2.05, 4.69) is 21.9 Å². The van der Waals surface area contributed by atoms with Gasteiger partial charge >= 0.3 is 0 Å². The van der Waals surface area contributed by atoms with E-state index in [9.17, 15) is 8.42 Å². The van der Waals surface area contributed by atoms with Crippen LogP contribution < -0.4 is 0 Å². The van der Waals surface area contributed by atoms with Crippen LogP contribution in [0, 0.1) is 0 Å². The number of hydrogen-bond acceptors (Lipinski definition) is 4. The number of hydrogen-bond donors (Lipinski definition) is 1.